The van der Waals surface area contributed by atoms with E-state index in [-0.39, 0.29) is 5.56 Å². The molecule has 2 aromatic carbocycles. The van der Waals surface area contributed by atoms with Crippen LogP contribution in [0.2, 0.25) is 10.0 Å². The molecule has 0 spiro atoms. The van der Waals surface area contributed by atoms with Crippen LogP contribution in [0.4, 0.5) is 11.6 Å². The molecule has 3 rings (SSSR count). The first kappa shape index (κ1) is 14.7. The first-order chi connectivity index (χ1) is 10.5. The minimum atomic E-state index is -0.247. The van der Waals surface area contributed by atoms with Crippen molar-refractivity contribution in [1.29, 1.82) is 0 Å². The van der Waals surface area contributed by atoms with Crippen LogP contribution in [0.5, 0.6) is 5.75 Å². The number of aromatic nitrogens is 2. The van der Waals surface area contributed by atoms with Gasteiger partial charge in [-0.2, -0.15) is 0 Å². The third-order valence-corrected chi connectivity index (χ3v) is 3.48. The number of H-pyrrole nitrogens is 1. The normalized spacial score (nSPS) is 10.7. The average Bonchev–Trinajstić information content (AvgIpc) is 2.45. The van der Waals surface area contributed by atoms with E-state index in [0.29, 0.717) is 38.3 Å². The van der Waals surface area contributed by atoms with Crippen LogP contribution in [0.1, 0.15) is 0 Å². The van der Waals surface area contributed by atoms with Crippen LogP contribution < -0.4 is 15.6 Å². The molecule has 5 nitrogen and oxygen atoms in total. The quantitative estimate of drug-likeness (QED) is 0.759. The maximum atomic E-state index is 12.1. The highest BCUT2D eigenvalue weighted by molar-refractivity contribution is 6.35. The Labute approximate surface area is 135 Å². The highest BCUT2D eigenvalue weighted by Crippen LogP contribution is 2.24. The first-order valence-corrected chi connectivity index (χ1v) is 7.12. The molecule has 0 saturated heterocycles. The van der Waals surface area contributed by atoms with Gasteiger partial charge in [-0.3, -0.25) is 9.78 Å². The van der Waals surface area contributed by atoms with Crippen molar-refractivity contribution in [2.75, 3.05) is 12.4 Å². The highest BCUT2D eigenvalue weighted by Gasteiger charge is 2.06. The first-order valence-electron chi connectivity index (χ1n) is 6.36. The fraction of sp³-hybridized carbons (Fsp3) is 0.0667. The summed E-state index contributed by atoms with van der Waals surface area (Å²) in [7, 11) is 1.56. The molecule has 0 unspecified atom stereocenters. The van der Waals surface area contributed by atoms with E-state index in [4.69, 9.17) is 27.9 Å². The van der Waals surface area contributed by atoms with Crippen molar-refractivity contribution in [3.05, 3.63) is 56.8 Å². The molecular formula is C15H11Cl2N3O2. The van der Waals surface area contributed by atoms with E-state index in [2.05, 4.69) is 15.3 Å². The number of hydrogen-bond donors (Lipinski definition) is 2. The second kappa shape index (κ2) is 5.87. The summed E-state index contributed by atoms with van der Waals surface area (Å²) in [6.07, 6.45) is 0. The predicted molar refractivity (Wildman–Crippen MR) is 88.7 cm³/mol. The third kappa shape index (κ3) is 3.00. The molecule has 2 N–H and O–H groups in total. The van der Waals surface area contributed by atoms with Crippen molar-refractivity contribution >= 4 is 45.7 Å². The Morgan fingerprint density at radius 3 is 2.55 bits per heavy atom. The van der Waals surface area contributed by atoms with Gasteiger partial charge in [0.2, 0.25) is 5.95 Å². The summed E-state index contributed by atoms with van der Waals surface area (Å²) < 4.78 is 5.14. The minimum Gasteiger partial charge on any atom is -0.497 e. The molecule has 0 aliphatic heterocycles. The smallest absolute Gasteiger partial charge is 0.260 e. The second-order valence-corrected chi connectivity index (χ2v) is 5.45. The summed E-state index contributed by atoms with van der Waals surface area (Å²) in [5, 5.41) is 4.43. The van der Waals surface area contributed by atoms with Crippen molar-refractivity contribution in [3.8, 4) is 5.75 Å². The van der Waals surface area contributed by atoms with Crippen LogP contribution in [0.15, 0.2) is 41.2 Å². The molecule has 0 amide bonds. The minimum absolute atomic E-state index is 0.247. The van der Waals surface area contributed by atoms with Gasteiger partial charge in [0.1, 0.15) is 5.75 Å². The standard InChI is InChI=1S/C15H11Cl2N3O2/c1-22-11-2-3-12-13(7-11)19-15(20-14(12)21)18-10-5-8(16)4-9(17)6-10/h2-7H,1H3,(H2,18,19,20,21). The largest absolute Gasteiger partial charge is 0.497 e. The lowest BCUT2D eigenvalue weighted by atomic mass is 10.2. The van der Waals surface area contributed by atoms with Gasteiger partial charge in [0.15, 0.2) is 0 Å². The lowest BCUT2D eigenvalue weighted by Gasteiger charge is -2.08. The summed E-state index contributed by atoms with van der Waals surface area (Å²) in [4.78, 5) is 19.1. The SMILES string of the molecule is COc1ccc2c(=O)[nH]c(Nc3cc(Cl)cc(Cl)c3)nc2c1. The van der Waals surface area contributed by atoms with E-state index in [1.807, 2.05) is 0 Å². The van der Waals surface area contributed by atoms with Crippen molar-refractivity contribution in [2.24, 2.45) is 0 Å². The van der Waals surface area contributed by atoms with Gasteiger partial charge in [-0.05, 0) is 30.3 Å². The van der Waals surface area contributed by atoms with Gasteiger partial charge in [0.05, 0.1) is 18.0 Å². The molecule has 0 aliphatic carbocycles. The molecule has 22 heavy (non-hydrogen) atoms. The predicted octanol–water partition coefficient (Wildman–Crippen LogP) is 3.98. The van der Waals surface area contributed by atoms with Crippen LogP contribution in [0.25, 0.3) is 10.9 Å². The molecule has 3 aromatic rings. The maximum Gasteiger partial charge on any atom is 0.260 e. The van der Waals surface area contributed by atoms with Gasteiger partial charge in [0, 0.05) is 21.8 Å². The van der Waals surface area contributed by atoms with Crippen LogP contribution >= 0.6 is 23.2 Å². The average molecular weight is 336 g/mol. The van der Waals surface area contributed by atoms with Crippen molar-refractivity contribution in [1.82, 2.24) is 9.97 Å². The molecule has 0 atom stereocenters. The summed E-state index contributed by atoms with van der Waals surface area (Å²) in [6.45, 7) is 0. The number of aromatic amines is 1. The second-order valence-electron chi connectivity index (χ2n) is 4.58. The summed E-state index contributed by atoms with van der Waals surface area (Å²) in [5.41, 5.74) is 0.907. The number of ether oxygens (including phenoxy) is 1. The van der Waals surface area contributed by atoms with E-state index >= 15 is 0 Å². The molecule has 1 heterocycles. The lowest BCUT2D eigenvalue weighted by Crippen LogP contribution is -2.11. The molecule has 0 saturated carbocycles. The topological polar surface area (TPSA) is 67.0 Å². The van der Waals surface area contributed by atoms with Gasteiger partial charge in [-0.15, -0.1) is 0 Å². The number of benzene rings is 2. The fourth-order valence-corrected chi connectivity index (χ4v) is 2.59. The van der Waals surface area contributed by atoms with E-state index < -0.39 is 0 Å². The Hall–Kier alpha value is -2.24. The zero-order valence-corrected chi connectivity index (χ0v) is 13.0. The molecule has 1 aromatic heterocycles. The highest BCUT2D eigenvalue weighted by atomic mass is 35.5. The molecular weight excluding hydrogens is 325 g/mol. The maximum absolute atomic E-state index is 12.1. The number of fused-ring (bicyclic) bond motifs is 1. The van der Waals surface area contributed by atoms with Gasteiger partial charge in [0.25, 0.3) is 5.56 Å². The van der Waals surface area contributed by atoms with Gasteiger partial charge in [-0.25, -0.2) is 4.98 Å². The van der Waals surface area contributed by atoms with Gasteiger partial charge >= 0.3 is 0 Å². The molecule has 0 radical (unpaired) electrons. The molecule has 7 heteroatoms. The lowest BCUT2D eigenvalue weighted by molar-refractivity contribution is 0.415. The molecule has 0 fully saturated rings. The molecule has 0 bridgehead atoms. The molecule has 0 aliphatic rings. The number of nitrogens with zero attached hydrogens (tertiary/aromatic N) is 1. The fourth-order valence-electron chi connectivity index (χ4n) is 2.07. The van der Waals surface area contributed by atoms with Crippen molar-refractivity contribution < 1.29 is 4.74 Å². The number of methoxy groups -OCH3 is 1. The summed E-state index contributed by atoms with van der Waals surface area (Å²) >= 11 is 11.9. The zero-order valence-electron chi connectivity index (χ0n) is 11.5. The summed E-state index contributed by atoms with van der Waals surface area (Å²) in [5.74, 6) is 0.923. The van der Waals surface area contributed by atoms with E-state index in [0.717, 1.165) is 0 Å². The zero-order chi connectivity index (χ0) is 15.7. The number of nitrogens with one attached hydrogen (secondary N) is 2. The van der Waals surface area contributed by atoms with E-state index in [9.17, 15) is 4.79 Å². The third-order valence-electron chi connectivity index (χ3n) is 3.04. The van der Waals surface area contributed by atoms with Crippen LogP contribution in [0.3, 0.4) is 0 Å². The van der Waals surface area contributed by atoms with E-state index in [1.165, 1.54) is 0 Å². The Morgan fingerprint density at radius 2 is 1.86 bits per heavy atom. The van der Waals surface area contributed by atoms with E-state index in [1.54, 1.807) is 43.5 Å². The van der Waals surface area contributed by atoms with Crippen molar-refractivity contribution in [3.63, 3.8) is 0 Å². The Bertz CT molecular complexity index is 889. The van der Waals surface area contributed by atoms with Gasteiger partial charge in [-0.1, -0.05) is 23.2 Å². The Balaban J connectivity index is 2.05. The van der Waals surface area contributed by atoms with Crippen LogP contribution in [-0.4, -0.2) is 17.1 Å². The number of anilines is 2. The number of hydrogen-bond acceptors (Lipinski definition) is 4. The van der Waals surface area contributed by atoms with Crippen molar-refractivity contribution in [2.45, 2.75) is 0 Å². The monoisotopic (exact) mass is 335 g/mol. The Kier molecular flexibility index (Phi) is 3.92. The number of rotatable bonds is 3. The molecule has 112 valence electrons. The summed E-state index contributed by atoms with van der Waals surface area (Å²) in [6, 6.07) is 10.1. The van der Waals surface area contributed by atoms with Crippen LogP contribution in [0, 0.1) is 0 Å². The Morgan fingerprint density at radius 1 is 1.14 bits per heavy atom. The number of halogens is 2. The van der Waals surface area contributed by atoms with Crippen LogP contribution in [-0.2, 0) is 0 Å². The van der Waals surface area contributed by atoms with Gasteiger partial charge < -0.3 is 10.1 Å².